The molecule has 0 aliphatic carbocycles. The third-order valence-corrected chi connectivity index (χ3v) is 3.94. The molecule has 0 aromatic heterocycles. The van der Waals surface area contributed by atoms with Crippen molar-refractivity contribution < 1.29 is 19.6 Å². The minimum Gasteiger partial charge on any atom is -0.480 e. The van der Waals surface area contributed by atoms with Crippen LogP contribution in [0.5, 0.6) is 0 Å². The molecule has 2 N–H and O–H groups in total. The number of nitro benzene ring substituents is 1. The summed E-state index contributed by atoms with van der Waals surface area (Å²) in [5, 5.41) is 22.5. The van der Waals surface area contributed by atoms with Crippen molar-refractivity contribution in [2.24, 2.45) is 0 Å². The first kappa shape index (κ1) is 17.0. The Labute approximate surface area is 125 Å². The molecule has 0 aliphatic rings. The van der Waals surface area contributed by atoms with Crippen molar-refractivity contribution in [1.29, 1.82) is 0 Å². The van der Waals surface area contributed by atoms with E-state index in [0.29, 0.717) is 4.90 Å². The summed E-state index contributed by atoms with van der Waals surface area (Å²) in [6.45, 7) is 2.97. The van der Waals surface area contributed by atoms with Gasteiger partial charge in [-0.15, -0.1) is 11.8 Å². The number of benzene rings is 1. The number of nitrogens with zero attached hydrogens (tertiary/aromatic N) is 1. The lowest BCUT2D eigenvalue weighted by atomic mass is 9.98. The molecule has 1 amide bonds. The lowest BCUT2D eigenvalue weighted by Gasteiger charge is -2.24. The number of nitro groups is 1. The fourth-order valence-electron chi connectivity index (χ4n) is 1.59. The van der Waals surface area contributed by atoms with E-state index in [0.717, 1.165) is 0 Å². The van der Waals surface area contributed by atoms with Crippen molar-refractivity contribution >= 4 is 29.3 Å². The molecule has 7 nitrogen and oxygen atoms in total. The van der Waals surface area contributed by atoms with Gasteiger partial charge in [-0.1, -0.05) is 6.92 Å². The highest BCUT2D eigenvalue weighted by Crippen LogP contribution is 2.25. The summed E-state index contributed by atoms with van der Waals surface area (Å²) in [4.78, 5) is 34.5. The molecule has 0 heterocycles. The zero-order valence-corrected chi connectivity index (χ0v) is 12.7. The second kappa shape index (κ2) is 6.57. The molecule has 21 heavy (non-hydrogen) atoms. The van der Waals surface area contributed by atoms with Crippen molar-refractivity contribution in [3.05, 3.63) is 33.9 Å². The van der Waals surface area contributed by atoms with Crippen LogP contribution in [0.3, 0.4) is 0 Å². The van der Waals surface area contributed by atoms with E-state index in [1.165, 1.54) is 36.9 Å². The Morgan fingerprint density at radius 3 is 2.52 bits per heavy atom. The maximum atomic E-state index is 12.2. The Hall–Kier alpha value is -2.09. The van der Waals surface area contributed by atoms with Crippen LogP contribution in [0.25, 0.3) is 0 Å². The molecule has 0 saturated heterocycles. The van der Waals surface area contributed by atoms with Gasteiger partial charge in [0.05, 0.1) is 4.92 Å². The fourth-order valence-corrected chi connectivity index (χ4v) is 2.03. The quantitative estimate of drug-likeness (QED) is 0.474. The SMILES string of the molecule is CCC(C)(NC(=O)c1cc(SC)ccc1[N+](=O)[O-])C(=O)O. The van der Waals surface area contributed by atoms with Crippen molar-refractivity contribution in [2.45, 2.75) is 30.7 Å². The van der Waals surface area contributed by atoms with Crippen LogP contribution in [0.1, 0.15) is 30.6 Å². The van der Waals surface area contributed by atoms with Gasteiger partial charge in [0.1, 0.15) is 11.1 Å². The van der Waals surface area contributed by atoms with Crippen LogP contribution in [-0.2, 0) is 4.79 Å². The molecule has 0 saturated carbocycles. The van der Waals surface area contributed by atoms with E-state index in [9.17, 15) is 19.7 Å². The summed E-state index contributed by atoms with van der Waals surface area (Å²) >= 11 is 1.33. The van der Waals surface area contributed by atoms with Crippen molar-refractivity contribution in [3.63, 3.8) is 0 Å². The van der Waals surface area contributed by atoms with Gasteiger partial charge >= 0.3 is 5.97 Å². The van der Waals surface area contributed by atoms with Gasteiger partial charge < -0.3 is 10.4 Å². The molecular weight excluding hydrogens is 296 g/mol. The summed E-state index contributed by atoms with van der Waals surface area (Å²) < 4.78 is 0. The van der Waals surface area contributed by atoms with Gasteiger partial charge in [-0.25, -0.2) is 4.79 Å². The van der Waals surface area contributed by atoms with E-state index >= 15 is 0 Å². The Morgan fingerprint density at radius 2 is 2.10 bits per heavy atom. The average molecular weight is 312 g/mol. The maximum Gasteiger partial charge on any atom is 0.329 e. The van der Waals surface area contributed by atoms with E-state index in [-0.39, 0.29) is 17.7 Å². The Kier molecular flexibility index (Phi) is 5.31. The standard InChI is InChI=1S/C13H16N2O5S/c1-4-13(2,12(17)18)14-11(16)9-7-8(21-3)5-6-10(9)15(19)20/h5-7H,4H2,1-3H3,(H,14,16)(H,17,18). The minimum atomic E-state index is -1.47. The molecule has 1 unspecified atom stereocenters. The monoisotopic (exact) mass is 312 g/mol. The number of amides is 1. The van der Waals surface area contributed by atoms with Crippen LogP contribution in [0.15, 0.2) is 23.1 Å². The van der Waals surface area contributed by atoms with Crippen molar-refractivity contribution in [2.75, 3.05) is 6.26 Å². The molecule has 0 aliphatic heterocycles. The van der Waals surface area contributed by atoms with Crippen molar-refractivity contribution in [3.8, 4) is 0 Å². The average Bonchev–Trinajstić information content (AvgIpc) is 2.45. The number of carboxylic acid groups (broad SMARTS) is 1. The maximum absolute atomic E-state index is 12.2. The molecule has 0 fully saturated rings. The molecular formula is C13H16N2O5S. The highest BCUT2D eigenvalue weighted by molar-refractivity contribution is 7.98. The first-order valence-electron chi connectivity index (χ1n) is 6.13. The van der Waals surface area contributed by atoms with Gasteiger partial charge in [-0.05, 0) is 31.7 Å². The number of hydrogen-bond donors (Lipinski definition) is 2. The normalized spacial score (nSPS) is 13.3. The molecule has 8 heteroatoms. The van der Waals surface area contributed by atoms with Crippen LogP contribution in [0, 0.1) is 10.1 Å². The number of rotatable bonds is 6. The van der Waals surface area contributed by atoms with Crippen molar-refractivity contribution in [1.82, 2.24) is 5.32 Å². The molecule has 114 valence electrons. The fraction of sp³-hybridized carbons (Fsp3) is 0.385. The van der Waals surface area contributed by atoms with E-state index in [1.807, 2.05) is 0 Å². The Bertz CT molecular complexity index is 590. The summed E-state index contributed by atoms with van der Waals surface area (Å²) in [5.41, 5.74) is -1.97. The summed E-state index contributed by atoms with van der Waals surface area (Å²) in [6, 6.07) is 4.16. The van der Waals surface area contributed by atoms with Crippen LogP contribution >= 0.6 is 11.8 Å². The highest BCUT2D eigenvalue weighted by atomic mass is 32.2. The van der Waals surface area contributed by atoms with Gasteiger partial charge in [0.2, 0.25) is 0 Å². The Morgan fingerprint density at radius 1 is 1.48 bits per heavy atom. The second-order valence-electron chi connectivity index (χ2n) is 4.59. The second-order valence-corrected chi connectivity index (χ2v) is 5.46. The van der Waals surface area contributed by atoms with E-state index in [2.05, 4.69) is 5.32 Å². The number of carboxylic acids is 1. The van der Waals surface area contributed by atoms with Crippen LogP contribution < -0.4 is 5.32 Å². The van der Waals surface area contributed by atoms with E-state index < -0.39 is 22.3 Å². The number of carbonyl (C=O) groups excluding carboxylic acids is 1. The molecule has 0 radical (unpaired) electrons. The van der Waals surface area contributed by atoms with Gasteiger partial charge in [0.15, 0.2) is 0 Å². The van der Waals surface area contributed by atoms with E-state index in [1.54, 1.807) is 13.2 Å². The molecule has 1 rings (SSSR count). The number of aliphatic carboxylic acids is 1. The number of hydrogen-bond acceptors (Lipinski definition) is 5. The predicted octanol–water partition coefficient (Wildman–Crippen LogP) is 2.30. The Balaban J connectivity index is 3.22. The predicted molar refractivity (Wildman–Crippen MR) is 78.7 cm³/mol. The first-order chi connectivity index (χ1) is 9.75. The molecule has 1 aromatic rings. The van der Waals surface area contributed by atoms with Gasteiger partial charge in [-0.3, -0.25) is 14.9 Å². The summed E-state index contributed by atoms with van der Waals surface area (Å²) in [7, 11) is 0. The summed E-state index contributed by atoms with van der Waals surface area (Å²) in [6.07, 6.45) is 1.93. The van der Waals surface area contributed by atoms with E-state index in [4.69, 9.17) is 5.11 Å². The molecule has 1 aromatic carbocycles. The van der Waals surface area contributed by atoms with Crippen LogP contribution in [-0.4, -0.2) is 33.7 Å². The largest absolute Gasteiger partial charge is 0.480 e. The topological polar surface area (TPSA) is 110 Å². The third-order valence-electron chi connectivity index (χ3n) is 3.21. The lowest BCUT2D eigenvalue weighted by molar-refractivity contribution is -0.385. The highest BCUT2D eigenvalue weighted by Gasteiger charge is 2.34. The number of thioether (sulfide) groups is 1. The first-order valence-corrected chi connectivity index (χ1v) is 7.36. The van der Waals surface area contributed by atoms with Crippen LogP contribution in [0.4, 0.5) is 5.69 Å². The number of nitrogens with one attached hydrogen (secondary N) is 1. The van der Waals surface area contributed by atoms with Gasteiger partial charge in [0.25, 0.3) is 11.6 Å². The third kappa shape index (κ3) is 3.72. The van der Waals surface area contributed by atoms with Crippen LogP contribution in [0.2, 0.25) is 0 Å². The van der Waals surface area contributed by atoms with Gasteiger partial charge in [0, 0.05) is 11.0 Å². The van der Waals surface area contributed by atoms with Gasteiger partial charge in [-0.2, -0.15) is 0 Å². The number of carbonyl (C=O) groups is 2. The summed E-state index contributed by atoms with van der Waals surface area (Å²) in [5.74, 6) is -1.97. The lowest BCUT2D eigenvalue weighted by Crippen LogP contribution is -2.51. The molecule has 0 bridgehead atoms. The minimum absolute atomic E-state index is 0.146. The zero-order chi connectivity index (χ0) is 16.2. The molecule has 1 atom stereocenters. The zero-order valence-electron chi connectivity index (χ0n) is 11.9. The smallest absolute Gasteiger partial charge is 0.329 e. The molecule has 0 spiro atoms.